The maximum Gasteiger partial charge on any atom is 0.0461 e. The van der Waals surface area contributed by atoms with Gasteiger partial charge in [0.2, 0.25) is 0 Å². The molecule has 0 fully saturated rings. The minimum absolute atomic E-state index is 1.16. The van der Waals surface area contributed by atoms with Crippen LogP contribution in [0.3, 0.4) is 0 Å². The highest BCUT2D eigenvalue weighted by molar-refractivity contribution is 5.76. The number of anilines is 3. The maximum absolute atomic E-state index is 2.30. The molecule has 1 heteroatoms. The van der Waals surface area contributed by atoms with Gasteiger partial charge in [0, 0.05) is 17.1 Å². The van der Waals surface area contributed by atoms with Crippen LogP contribution >= 0.6 is 0 Å². The van der Waals surface area contributed by atoms with Crippen LogP contribution in [0.15, 0.2) is 84.9 Å². The second-order valence-corrected chi connectivity index (χ2v) is 5.78. The van der Waals surface area contributed by atoms with Crippen molar-refractivity contribution in [2.75, 3.05) is 4.90 Å². The van der Waals surface area contributed by atoms with Gasteiger partial charge in [0.15, 0.2) is 0 Å². The summed E-state index contributed by atoms with van der Waals surface area (Å²) in [6.07, 6.45) is 3.65. The molecule has 0 aliphatic heterocycles. The molecule has 0 aliphatic rings. The molecule has 0 atom stereocenters. The molecule has 116 valence electrons. The number of para-hydroxylation sites is 2. The van der Waals surface area contributed by atoms with E-state index < -0.39 is 0 Å². The van der Waals surface area contributed by atoms with Crippen LogP contribution in [0.4, 0.5) is 17.1 Å². The molecule has 0 aromatic heterocycles. The third-order valence-corrected chi connectivity index (χ3v) is 4.04. The highest BCUT2D eigenvalue weighted by Crippen LogP contribution is 2.34. The summed E-state index contributed by atoms with van der Waals surface area (Å²) in [5.41, 5.74) is 4.97. The molecule has 23 heavy (non-hydrogen) atoms. The quantitative estimate of drug-likeness (QED) is 0.502. The van der Waals surface area contributed by atoms with Crippen molar-refractivity contribution in [2.45, 2.75) is 26.2 Å². The Kier molecular flexibility index (Phi) is 5.10. The summed E-state index contributed by atoms with van der Waals surface area (Å²) in [4.78, 5) is 2.30. The van der Waals surface area contributed by atoms with E-state index in [1.54, 1.807) is 0 Å². The van der Waals surface area contributed by atoms with Crippen LogP contribution < -0.4 is 4.90 Å². The van der Waals surface area contributed by atoms with Crippen molar-refractivity contribution >= 4 is 17.1 Å². The topological polar surface area (TPSA) is 3.24 Å². The molecule has 3 rings (SSSR count). The van der Waals surface area contributed by atoms with Gasteiger partial charge in [-0.15, -0.1) is 0 Å². The minimum atomic E-state index is 1.16. The van der Waals surface area contributed by atoms with E-state index in [0.717, 1.165) is 6.42 Å². The fourth-order valence-corrected chi connectivity index (χ4v) is 2.79. The third kappa shape index (κ3) is 3.81. The van der Waals surface area contributed by atoms with Crippen LogP contribution in [0.1, 0.15) is 25.3 Å². The lowest BCUT2D eigenvalue weighted by Gasteiger charge is -2.25. The van der Waals surface area contributed by atoms with Crippen molar-refractivity contribution < 1.29 is 0 Å². The van der Waals surface area contributed by atoms with Crippen molar-refractivity contribution in [3.05, 3.63) is 90.5 Å². The van der Waals surface area contributed by atoms with E-state index in [1.165, 1.54) is 35.5 Å². The Balaban J connectivity index is 1.96. The number of hydrogen-bond donors (Lipinski definition) is 0. The van der Waals surface area contributed by atoms with E-state index in [0.29, 0.717) is 0 Å². The van der Waals surface area contributed by atoms with E-state index in [9.17, 15) is 0 Å². The fourth-order valence-electron chi connectivity index (χ4n) is 2.79. The van der Waals surface area contributed by atoms with Gasteiger partial charge in [-0.2, -0.15) is 0 Å². The summed E-state index contributed by atoms with van der Waals surface area (Å²) in [6.45, 7) is 2.24. The summed E-state index contributed by atoms with van der Waals surface area (Å²) in [7, 11) is 0. The van der Waals surface area contributed by atoms with E-state index in [2.05, 4.69) is 96.8 Å². The Bertz CT molecular complexity index is 662. The predicted molar refractivity (Wildman–Crippen MR) is 99.7 cm³/mol. The number of benzene rings is 3. The Morgan fingerprint density at radius 3 is 1.57 bits per heavy atom. The van der Waals surface area contributed by atoms with E-state index >= 15 is 0 Å². The zero-order chi connectivity index (χ0) is 15.9. The third-order valence-electron chi connectivity index (χ3n) is 4.04. The lowest BCUT2D eigenvalue weighted by molar-refractivity contribution is 0.795. The predicted octanol–water partition coefficient (Wildman–Crippen LogP) is 6.50. The average molecular weight is 301 g/mol. The van der Waals surface area contributed by atoms with E-state index in [4.69, 9.17) is 0 Å². The van der Waals surface area contributed by atoms with Gasteiger partial charge in [-0.3, -0.25) is 0 Å². The van der Waals surface area contributed by atoms with E-state index in [1.807, 2.05) is 0 Å². The van der Waals surface area contributed by atoms with Gasteiger partial charge in [0.1, 0.15) is 0 Å². The molecule has 3 aromatic carbocycles. The van der Waals surface area contributed by atoms with Gasteiger partial charge in [-0.05, 0) is 54.8 Å². The van der Waals surface area contributed by atoms with Crippen LogP contribution in [-0.4, -0.2) is 0 Å². The van der Waals surface area contributed by atoms with Gasteiger partial charge in [0.05, 0.1) is 0 Å². The van der Waals surface area contributed by atoms with Crippen molar-refractivity contribution in [1.29, 1.82) is 0 Å². The van der Waals surface area contributed by atoms with Gasteiger partial charge in [-0.1, -0.05) is 61.9 Å². The molecule has 0 radical (unpaired) electrons. The Morgan fingerprint density at radius 1 is 0.609 bits per heavy atom. The standard InChI is InChI=1S/C22H23N/c1-2-3-10-19-15-17-22(18-16-19)23(20-11-6-4-7-12-20)21-13-8-5-9-14-21/h4-9,11-18H,2-3,10H2,1H3. The van der Waals surface area contributed by atoms with Gasteiger partial charge in [-0.25, -0.2) is 0 Å². The highest BCUT2D eigenvalue weighted by Gasteiger charge is 2.11. The molecule has 0 unspecified atom stereocenters. The van der Waals surface area contributed by atoms with Crippen LogP contribution in [-0.2, 0) is 6.42 Å². The normalized spacial score (nSPS) is 10.5. The molecular weight excluding hydrogens is 278 g/mol. The Labute approximate surface area is 139 Å². The molecule has 0 bridgehead atoms. The van der Waals surface area contributed by atoms with Crippen LogP contribution in [0.2, 0.25) is 0 Å². The summed E-state index contributed by atoms with van der Waals surface area (Å²) in [5.74, 6) is 0. The molecule has 0 saturated carbocycles. The van der Waals surface area contributed by atoms with Gasteiger partial charge >= 0.3 is 0 Å². The molecule has 0 spiro atoms. The molecule has 0 amide bonds. The zero-order valence-corrected chi connectivity index (χ0v) is 13.7. The first-order chi connectivity index (χ1) is 11.4. The van der Waals surface area contributed by atoms with Gasteiger partial charge in [0.25, 0.3) is 0 Å². The summed E-state index contributed by atoms with van der Waals surface area (Å²) in [6, 6.07) is 30.0. The van der Waals surface area contributed by atoms with Crippen LogP contribution in [0, 0.1) is 0 Å². The largest absolute Gasteiger partial charge is 0.311 e. The SMILES string of the molecule is CCCCc1ccc(N(c2ccccc2)c2ccccc2)cc1. The minimum Gasteiger partial charge on any atom is -0.311 e. The van der Waals surface area contributed by atoms with Crippen LogP contribution in [0.5, 0.6) is 0 Å². The van der Waals surface area contributed by atoms with E-state index in [-0.39, 0.29) is 0 Å². The second-order valence-electron chi connectivity index (χ2n) is 5.78. The van der Waals surface area contributed by atoms with Crippen molar-refractivity contribution in [2.24, 2.45) is 0 Å². The highest BCUT2D eigenvalue weighted by atomic mass is 15.1. The number of unbranched alkanes of at least 4 members (excludes halogenated alkanes) is 1. The molecule has 0 N–H and O–H groups in total. The number of hydrogen-bond acceptors (Lipinski definition) is 1. The first-order valence-corrected chi connectivity index (χ1v) is 8.37. The lowest BCUT2D eigenvalue weighted by atomic mass is 10.1. The summed E-state index contributed by atoms with van der Waals surface area (Å²) >= 11 is 0. The molecule has 0 heterocycles. The Morgan fingerprint density at radius 2 is 1.09 bits per heavy atom. The first kappa shape index (κ1) is 15.4. The van der Waals surface area contributed by atoms with Gasteiger partial charge < -0.3 is 4.90 Å². The number of nitrogens with zero attached hydrogens (tertiary/aromatic N) is 1. The Hall–Kier alpha value is -2.54. The van der Waals surface area contributed by atoms with Crippen molar-refractivity contribution in [3.63, 3.8) is 0 Å². The van der Waals surface area contributed by atoms with Crippen molar-refractivity contribution in [1.82, 2.24) is 0 Å². The molecule has 1 nitrogen and oxygen atoms in total. The maximum atomic E-state index is 2.30. The smallest absolute Gasteiger partial charge is 0.0461 e. The average Bonchev–Trinajstić information content (AvgIpc) is 2.63. The fraction of sp³-hybridized carbons (Fsp3) is 0.182. The molecule has 0 saturated heterocycles. The number of aryl methyl sites for hydroxylation is 1. The lowest BCUT2D eigenvalue weighted by Crippen LogP contribution is -2.09. The molecule has 0 aliphatic carbocycles. The molecule has 3 aromatic rings. The van der Waals surface area contributed by atoms with Crippen LogP contribution in [0.25, 0.3) is 0 Å². The first-order valence-electron chi connectivity index (χ1n) is 8.37. The monoisotopic (exact) mass is 301 g/mol. The number of rotatable bonds is 6. The zero-order valence-electron chi connectivity index (χ0n) is 13.7. The molecular formula is C22H23N. The summed E-state index contributed by atoms with van der Waals surface area (Å²) in [5, 5.41) is 0. The second kappa shape index (κ2) is 7.64. The van der Waals surface area contributed by atoms with Crippen molar-refractivity contribution in [3.8, 4) is 0 Å². The summed E-state index contributed by atoms with van der Waals surface area (Å²) < 4.78 is 0.